The highest BCUT2D eigenvalue weighted by atomic mass is 35.5. The van der Waals surface area contributed by atoms with Gasteiger partial charge in [-0.1, -0.05) is 35.9 Å². The molecule has 2 heterocycles. The molecule has 0 fully saturated rings. The van der Waals surface area contributed by atoms with Crippen LogP contribution in [0, 0.1) is 0 Å². The van der Waals surface area contributed by atoms with E-state index in [1.807, 2.05) is 48.5 Å². The van der Waals surface area contributed by atoms with Crippen molar-refractivity contribution in [3.63, 3.8) is 0 Å². The Balaban J connectivity index is 1.36. The number of aromatic nitrogens is 2. The molecular weight excluding hydrogens is 374 g/mol. The molecule has 4 rings (SSSR count). The van der Waals surface area contributed by atoms with E-state index in [1.165, 1.54) is 6.08 Å². The van der Waals surface area contributed by atoms with Gasteiger partial charge in [0.2, 0.25) is 11.8 Å². The average Bonchev–Trinajstić information content (AvgIpc) is 3.16. The van der Waals surface area contributed by atoms with E-state index in [4.69, 9.17) is 16.0 Å². The third-order valence-electron chi connectivity index (χ3n) is 4.13. The van der Waals surface area contributed by atoms with Crippen molar-refractivity contribution in [2.24, 2.45) is 0 Å². The molecule has 0 aliphatic rings. The first-order valence-electron chi connectivity index (χ1n) is 8.70. The number of nitrogens with one attached hydrogen (secondary N) is 1. The molecule has 0 radical (unpaired) electrons. The first kappa shape index (κ1) is 17.9. The highest BCUT2D eigenvalue weighted by molar-refractivity contribution is 6.30. The lowest BCUT2D eigenvalue weighted by atomic mass is 10.1. The van der Waals surface area contributed by atoms with Crippen molar-refractivity contribution in [3.8, 4) is 11.5 Å². The van der Waals surface area contributed by atoms with Gasteiger partial charge in [0.1, 0.15) is 0 Å². The average molecular weight is 390 g/mol. The van der Waals surface area contributed by atoms with Gasteiger partial charge in [0, 0.05) is 29.4 Å². The maximum Gasteiger partial charge on any atom is 0.244 e. The SMILES string of the molecule is O=C(/C=C/c1ccc(Cl)cc1)NCc1ccc(-c2nc3ncccc3o2)cc1. The topological polar surface area (TPSA) is 68.0 Å². The van der Waals surface area contributed by atoms with Crippen LogP contribution in [-0.4, -0.2) is 15.9 Å². The summed E-state index contributed by atoms with van der Waals surface area (Å²) >= 11 is 5.85. The highest BCUT2D eigenvalue weighted by Gasteiger charge is 2.08. The molecule has 1 amide bonds. The zero-order valence-corrected chi connectivity index (χ0v) is 15.6. The molecule has 5 nitrogen and oxygen atoms in total. The minimum absolute atomic E-state index is 0.163. The molecule has 0 unspecified atom stereocenters. The number of oxazole rings is 1. The first-order chi connectivity index (χ1) is 13.7. The molecule has 138 valence electrons. The molecule has 0 saturated heterocycles. The Hall–Kier alpha value is -3.44. The fraction of sp³-hybridized carbons (Fsp3) is 0.0455. The number of hydrogen-bond acceptors (Lipinski definition) is 4. The number of benzene rings is 2. The van der Waals surface area contributed by atoms with Gasteiger partial charge < -0.3 is 9.73 Å². The summed E-state index contributed by atoms with van der Waals surface area (Å²) in [7, 11) is 0. The van der Waals surface area contributed by atoms with Crippen LogP contribution in [0.15, 0.2) is 77.4 Å². The number of carbonyl (C=O) groups is 1. The van der Waals surface area contributed by atoms with Crippen LogP contribution in [0.4, 0.5) is 0 Å². The van der Waals surface area contributed by atoms with Crippen molar-refractivity contribution in [2.45, 2.75) is 6.54 Å². The Morgan fingerprint density at radius 2 is 1.86 bits per heavy atom. The van der Waals surface area contributed by atoms with Crippen LogP contribution in [-0.2, 0) is 11.3 Å². The molecule has 0 aliphatic carbocycles. The number of fused-ring (bicyclic) bond motifs is 1. The summed E-state index contributed by atoms with van der Waals surface area (Å²) in [6.45, 7) is 0.430. The largest absolute Gasteiger partial charge is 0.434 e. The maximum absolute atomic E-state index is 12.0. The highest BCUT2D eigenvalue weighted by Crippen LogP contribution is 2.23. The van der Waals surface area contributed by atoms with Crippen LogP contribution in [0.1, 0.15) is 11.1 Å². The second-order valence-electron chi connectivity index (χ2n) is 6.14. The van der Waals surface area contributed by atoms with E-state index >= 15 is 0 Å². The van der Waals surface area contributed by atoms with Crippen LogP contribution in [0.2, 0.25) is 5.02 Å². The fourth-order valence-corrected chi connectivity index (χ4v) is 2.78. The fourth-order valence-electron chi connectivity index (χ4n) is 2.65. The predicted octanol–water partition coefficient (Wildman–Crippen LogP) is 4.87. The number of amides is 1. The quantitative estimate of drug-likeness (QED) is 0.494. The van der Waals surface area contributed by atoms with Crippen LogP contribution >= 0.6 is 11.6 Å². The van der Waals surface area contributed by atoms with Crippen LogP contribution < -0.4 is 5.32 Å². The van der Waals surface area contributed by atoms with E-state index in [-0.39, 0.29) is 5.91 Å². The zero-order chi connectivity index (χ0) is 19.3. The number of nitrogens with zero attached hydrogens (tertiary/aromatic N) is 2. The number of halogens is 1. The van der Waals surface area contributed by atoms with E-state index in [2.05, 4.69) is 15.3 Å². The Labute approximate surface area is 166 Å². The van der Waals surface area contributed by atoms with Gasteiger partial charge in [-0.25, -0.2) is 4.98 Å². The van der Waals surface area contributed by atoms with Gasteiger partial charge >= 0.3 is 0 Å². The molecular formula is C22H16ClN3O2. The van der Waals surface area contributed by atoms with Gasteiger partial charge in [-0.2, -0.15) is 4.98 Å². The molecule has 4 aromatic rings. The lowest BCUT2D eigenvalue weighted by Gasteiger charge is -2.03. The smallest absolute Gasteiger partial charge is 0.244 e. The number of rotatable bonds is 5. The molecule has 0 spiro atoms. The minimum Gasteiger partial charge on any atom is -0.434 e. The van der Waals surface area contributed by atoms with E-state index in [9.17, 15) is 4.79 Å². The monoisotopic (exact) mass is 389 g/mol. The van der Waals surface area contributed by atoms with Crippen LogP contribution in [0.3, 0.4) is 0 Å². The van der Waals surface area contributed by atoms with Crippen molar-refractivity contribution < 1.29 is 9.21 Å². The van der Waals surface area contributed by atoms with E-state index in [0.717, 1.165) is 16.7 Å². The Kier molecular flexibility index (Phi) is 5.17. The van der Waals surface area contributed by atoms with E-state index in [1.54, 1.807) is 24.4 Å². The van der Waals surface area contributed by atoms with Crippen molar-refractivity contribution in [1.82, 2.24) is 15.3 Å². The van der Waals surface area contributed by atoms with E-state index < -0.39 is 0 Å². The Morgan fingerprint density at radius 1 is 1.07 bits per heavy atom. The van der Waals surface area contributed by atoms with Gasteiger partial charge in [0.05, 0.1) is 0 Å². The summed E-state index contributed by atoms with van der Waals surface area (Å²) in [6, 6.07) is 18.6. The molecule has 0 bridgehead atoms. The Bertz CT molecular complexity index is 1100. The molecule has 1 N–H and O–H groups in total. The molecule has 6 heteroatoms. The molecule has 28 heavy (non-hydrogen) atoms. The molecule has 0 atom stereocenters. The zero-order valence-electron chi connectivity index (χ0n) is 14.8. The standard InChI is InChI=1S/C22H16ClN3O2/c23-18-10-5-15(6-11-18)7-12-20(27)25-14-16-3-8-17(9-4-16)22-26-21-19(28-22)2-1-13-24-21/h1-13H,14H2,(H,25,27)/b12-7+. The predicted molar refractivity (Wildman–Crippen MR) is 110 cm³/mol. The van der Waals surface area contributed by atoms with Crippen molar-refractivity contribution in [3.05, 3.63) is 89.1 Å². The summed E-state index contributed by atoms with van der Waals surface area (Å²) in [4.78, 5) is 20.5. The van der Waals surface area contributed by atoms with Gasteiger partial charge in [-0.15, -0.1) is 0 Å². The van der Waals surface area contributed by atoms with Gasteiger partial charge in [0.15, 0.2) is 11.2 Å². The van der Waals surface area contributed by atoms with Gasteiger partial charge in [-0.3, -0.25) is 4.79 Å². The molecule has 2 aromatic heterocycles. The molecule has 0 saturated carbocycles. The summed E-state index contributed by atoms with van der Waals surface area (Å²) in [5.74, 6) is 0.360. The Morgan fingerprint density at radius 3 is 2.61 bits per heavy atom. The summed E-state index contributed by atoms with van der Waals surface area (Å²) < 4.78 is 5.71. The van der Waals surface area contributed by atoms with Crippen molar-refractivity contribution in [2.75, 3.05) is 0 Å². The number of carbonyl (C=O) groups excluding carboxylic acids is 1. The van der Waals surface area contributed by atoms with E-state index in [0.29, 0.717) is 28.7 Å². The molecule has 0 aliphatic heterocycles. The third kappa shape index (κ3) is 4.27. The number of pyridine rings is 1. The van der Waals surface area contributed by atoms with Crippen molar-refractivity contribution >= 4 is 34.8 Å². The van der Waals surface area contributed by atoms with Gasteiger partial charge in [0.25, 0.3) is 0 Å². The third-order valence-corrected chi connectivity index (χ3v) is 4.38. The normalized spacial score (nSPS) is 11.2. The second-order valence-corrected chi connectivity index (χ2v) is 6.58. The molecule has 2 aromatic carbocycles. The van der Waals surface area contributed by atoms with Crippen molar-refractivity contribution in [1.29, 1.82) is 0 Å². The lowest BCUT2D eigenvalue weighted by molar-refractivity contribution is -0.116. The van der Waals surface area contributed by atoms with Gasteiger partial charge in [-0.05, 0) is 53.6 Å². The van der Waals surface area contributed by atoms with Crippen LogP contribution in [0.25, 0.3) is 28.8 Å². The summed E-state index contributed by atoms with van der Waals surface area (Å²) in [5.41, 5.74) is 3.99. The minimum atomic E-state index is -0.163. The number of hydrogen-bond donors (Lipinski definition) is 1. The maximum atomic E-state index is 12.0. The summed E-state index contributed by atoms with van der Waals surface area (Å²) in [6.07, 6.45) is 4.93. The first-order valence-corrected chi connectivity index (χ1v) is 9.07. The second kappa shape index (κ2) is 8.06. The lowest BCUT2D eigenvalue weighted by Crippen LogP contribution is -2.20. The van der Waals surface area contributed by atoms with Crippen LogP contribution in [0.5, 0.6) is 0 Å². The summed E-state index contributed by atoms with van der Waals surface area (Å²) in [5, 5.41) is 3.53.